The van der Waals surface area contributed by atoms with Crippen molar-refractivity contribution >= 4 is 34.3 Å². The number of halogens is 1. The number of amidine groups is 1. The Kier molecular flexibility index (Phi) is 4.75. The average molecular weight is 238 g/mol. The lowest BCUT2D eigenvalue weighted by atomic mass is 10.6. The zero-order valence-corrected chi connectivity index (χ0v) is 8.06. The van der Waals surface area contributed by atoms with Crippen molar-refractivity contribution in [3.8, 4) is 0 Å². The van der Waals surface area contributed by atoms with Crippen LogP contribution in [0, 0.1) is 5.41 Å². The molecule has 0 unspecified atom stereocenters. The van der Waals surface area contributed by atoms with E-state index in [0.29, 0.717) is 5.84 Å². The zero-order chi connectivity index (χ0) is 7.28. The molecule has 0 saturated heterocycles. The predicted octanol–water partition coefficient (Wildman–Crippen LogP) is 2.19. The van der Waals surface area contributed by atoms with Gasteiger partial charge in [-0.05, 0) is 24.3 Å². The van der Waals surface area contributed by atoms with Crippen LogP contribution in [0.2, 0.25) is 0 Å². The summed E-state index contributed by atoms with van der Waals surface area (Å²) in [5, 5.41) is 6.95. The first-order valence-electron chi connectivity index (χ1n) is 2.64. The monoisotopic (exact) mass is 238 g/mol. The summed E-state index contributed by atoms with van der Waals surface area (Å²) in [4.78, 5) is 3.85. The fraction of sp³-hybridized carbons (Fsp3) is 0.500. The second-order valence-electron chi connectivity index (χ2n) is 1.80. The minimum Gasteiger partial charge on any atom is -0.287 e. The highest BCUT2D eigenvalue weighted by Crippen LogP contribution is 1.93. The second-order valence-corrected chi connectivity index (χ2v) is 5.14. The van der Waals surface area contributed by atoms with Crippen LogP contribution in [0.4, 0.5) is 0 Å². The van der Waals surface area contributed by atoms with E-state index in [1.807, 2.05) is 4.22 Å². The molecule has 1 N–H and O–H groups in total. The first kappa shape index (κ1) is 8.94. The third-order valence-corrected chi connectivity index (χ3v) is 2.31. The van der Waals surface area contributed by atoms with Crippen LogP contribution in [0.15, 0.2) is 4.99 Å². The number of nitrogens with zero attached hydrogens (tertiary/aromatic N) is 1. The molecule has 0 aliphatic heterocycles. The van der Waals surface area contributed by atoms with Crippen LogP contribution in [0.1, 0.15) is 20.8 Å². The minimum absolute atomic E-state index is 0.0158. The van der Waals surface area contributed by atoms with Gasteiger partial charge in [0.2, 0.25) is 0 Å². The van der Waals surface area contributed by atoms with Gasteiger partial charge in [-0.25, -0.2) is 4.99 Å². The molecule has 0 radical (unpaired) electrons. The maximum atomic E-state index is 6.95. The molecular weight excluding hydrogens is 227 g/mol. The van der Waals surface area contributed by atoms with Crippen LogP contribution >= 0.6 is 20.7 Å². The van der Waals surface area contributed by atoms with Gasteiger partial charge in [-0.15, -0.1) is 0 Å². The van der Waals surface area contributed by atoms with Crippen LogP contribution in [0.5, 0.6) is 0 Å². The Morgan fingerprint density at radius 2 is 2.00 bits per heavy atom. The molecular formula is C6H11IN2. The highest BCUT2D eigenvalue weighted by molar-refractivity contribution is 14.2. The Labute approximate surface area is 65.6 Å². The SMILES string of the molecule is CC(=N)N=CI=C(C)C. The molecule has 0 saturated carbocycles. The van der Waals surface area contributed by atoms with Gasteiger partial charge in [0.25, 0.3) is 0 Å². The first-order chi connectivity index (χ1) is 4.13. The van der Waals surface area contributed by atoms with Crippen molar-refractivity contribution in [2.75, 3.05) is 0 Å². The molecule has 52 valence electrons. The molecule has 3 heteroatoms. The van der Waals surface area contributed by atoms with E-state index in [1.54, 1.807) is 6.92 Å². The van der Waals surface area contributed by atoms with E-state index in [-0.39, 0.29) is 20.7 Å². The quantitative estimate of drug-likeness (QED) is 0.413. The van der Waals surface area contributed by atoms with Crippen molar-refractivity contribution in [1.82, 2.24) is 0 Å². The lowest BCUT2D eigenvalue weighted by Crippen LogP contribution is -1.78. The van der Waals surface area contributed by atoms with Gasteiger partial charge >= 0.3 is 0 Å². The molecule has 0 aromatic carbocycles. The maximum absolute atomic E-state index is 6.95. The lowest BCUT2D eigenvalue weighted by Gasteiger charge is -1.81. The van der Waals surface area contributed by atoms with Crippen molar-refractivity contribution in [1.29, 1.82) is 5.41 Å². The number of rotatable bonds is 1. The summed E-state index contributed by atoms with van der Waals surface area (Å²) in [5.74, 6) is 0.399. The van der Waals surface area contributed by atoms with E-state index in [9.17, 15) is 0 Å². The van der Waals surface area contributed by atoms with E-state index < -0.39 is 0 Å². The second kappa shape index (κ2) is 4.78. The van der Waals surface area contributed by atoms with Crippen LogP contribution in [-0.2, 0) is 0 Å². The predicted molar refractivity (Wildman–Crippen MR) is 52.3 cm³/mol. The van der Waals surface area contributed by atoms with Gasteiger partial charge < -0.3 is 0 Å². The number of aliphatic imine (C=N–C) groups is 1. The molecule has 0 aromatic rings. The number of hydrogen-bond acceptors (Lipinski definition) is 1. The highest BCUT2D eigenvalue weighted by atomic mass is 127. The topological polar surface area (TPSA) is 36.2 Å². The summed E-state index contributed by atoms with van der Waals surface area (Å²) in [6.07, 6.45) is 0. The van der Waals surface area contributed by atoms with E-state index in [0.717, 1.165) is 0 Å². The van der Waals surface area contributed by atoms with E-state index in [2.05, 4.69) is 18.8 Å². The van der Waals surface area contributed by atoms with Crippen molar-refractivity contribution in [3.63, 3.8) is 0 Å². The Hall–Kier alpha value is -0.0600. The minimum atomic E-state index is 0.0158. The van der Waals surface area contributed by atoms with Crippen molar-refractivity contribution < 1.29 is 0 Å². The van der Waals surface area contributed by atoms with Gasteiger partial charge in [-0.2, -0.15) is 0 Å². The molecule has 2 nitrogen and oxygen atoms in total. The molecule has 0 aliphatic rings. The Bertz CT molecular complexity index is 154. The largest absolute Gasteiger partial charge is 0.287 e. The Morgan fingerprint density at radius 1 is 1.44 bits per heavy atom. The average Bonchev–Trinajstić information content (AvgIpc) is 1.63. The van der Waals surface area contributed by atoms with Gasteiger partial charge in [0.05, 0.1) is 4.22 Å². The third-order valence-electron chi connectivity index (χ3n) is 0.509. The van der Waals surface area contributed by atoms with Crippen molar-refractivity contribution in [3.05, 3.63) is 0 Å². The van der Waals surface area contributed by atoms with E-state index in [4.69, 9.17) is 5.41 Å². The normalized spacial score (nSPS) is 10.1. The summed E-state index contributed by atoms with van der Waals surface area (Å²) in [7, 11) is 0. The molecule has 0 amide bonds. The number of hydrogen-bond donors (Lipinski definition) is 1. The molecule has 0 atom stereocenters. The van der Waals surface area contributed by atoms with Crippen LogP contribution < -0.4 is 0 Å². The van der Waals surface area contributed by atoms with E-state index in [1.165, 1.54) is 3.51 Å². The number of nitrogens with one attached hydrogen (secondary N) is 1. The molecule has 0 spiro atoms. The molecule has 0 fully saturated rings. The molecule has 0 bridgehead atoms. The third kappa shape index (κ3) is 7.94. The van der Waals surface area contributed by atoms with Gasteiger partial charge in [-0.1, -0.05) is 20.7 Å². The molecule has 0 heterocycles. The fourth-order valence-electron chi connectivity index (χ4n) is 0.195. The fourth-order valence-corrected chi connectivity index (χ4v) is 1.31. The van der Waals surface area contributed by atoms with Crippen LogP contribution in [0.3, 0.4) is 0 Å². The maximum Gasteiger partial charge on any atom is 0.117 e. The standard InChI is InChI=1S/C6H11IN2/c1-5(2)7-4-9-6(3)8/h4,8H,1-3H3. The molecule has 0 rings (SSSR count). The summed E-state index contributed by atoms with van der Waals surface area (Å²) in [6.45, 7) is 5.88. The summed E-state index contributed by atoms with van der Waals surface area (Å²) in [6, 6.07) is 0. The van der Waals surface area contributed by atoms with Crippen LogP contribution in [-0.4, -0.2) is 13.6 Å². The molecule has 0 aliphatic carbocycles. The van der Waals surface area contributed by atoms with E-state index >= 15 is 0 Å². The summed E-state index contributed by atoms with van der Waals surface area (Å²) in [5.41, 5.74) is 0. The summed E-state index contributed by atoms with van der Waals surface area (Å²) >= 11 is 0.0158. The summed E-state index contributed by atoms with van der Waals surface area (Å²) < 4.78 is 3.30. The zero-order valence-electron chi connectivity index (χ0n) is 5.90. The van der Waals surface area contributed by atoms with Gasteiger partial charge in [0.1, 0.15) is 5.84 Å². The van der Waals surface area contributed by atoms with Gasteiger partial charge in [0.15, 0.2) is 0 Å². The smallest absolute Gasteiger partial charge is 0.117 e. The van der Waals surface area contributed by atoms with Gasteiger partial charge in [-0.3, -0.25) is 5.41 Å². The molecule has 9 heavy (non-hydrogen) atoms. The first-order valence-corrected chi connectivity index (χ1v) is 4.96. The van der Waals surface area contributed by atoms with Crippen LogP contribution in [0.25, 0.3) is 0 Å². The lowest BCUT2D eigenvalue weighted by molar-refractivity contribution is 1.42. The Morgan fingerprint density at radius 3 is 2.33 bits per heavy atom. The highest BCUT2D eigenvalue weighted by Gasteiger charge is 1.74. The van der Waals surface area contributed by atoms with Crippen molar-refractivity contribution in [2.45, 2.75) is 20.8 Å². The van der Waals surface area contributed by atoms with Crippen molar-refractivity contribution in [2.24, 2.45) is 4.99 Å². The Balaban J connectivity index is 3.74. The van der Waals surface area contributed by atoms with Gasteiger partial charge in [0, 0.05) is 0 Å². The molecule has 0 aromatic heterocycles.